The third-order valence-corrected chi connectivity index (χ3v) is 4.01. The van der Waals surface area contributed by atoms with Crippen molar-refractivity contribution in [1.29, 1.82) is 0 Å². The first-order valence-corrected chi connectivity index (χ1v) is 8.53. The predicted molar refractivity (Wildman–Crippen MR) is 102 cm³/mol. The lowest BCUT2D eigenvalue weighted by atomic mass is 9.87. The van der Waals surface area contributed by atoms with Crippen LogP contribution in [0.4, 0.5) is 5.69 Å². The van der Waals surface area contributed by atoms with E-state index in [1.54, 1.807) is 24.3 Å². The zero-order chi connectivity index (χ0) is 18.4. The molecule has 0 spiro atoms. The predicted octanol–water partition coefficient (Wildman–Crippen LogP) is 3.93. The van der Waals surface area contributed by atoms with Crippen molar-refractivity contribution in [2.75, 3.05) is 11.9 Å². The molecule has 4 nitrogen and oxygen atoms in total. The largest absolute Gasteiger partial charge is 0.347 e. The lowest BCUT2D eigenvalue weighted by molar-refractivity contribution is -0.123. The van der Waals surface area contributed by atoms with Crippen LogP contribution in [0.15, 0.2) is 48.5 Å². The lowest BCUT2D eigenvalue weighted by Crippen LogP contribution is -2.33. The monoisotopic (exact) mass is 358 g/mol. The van der Waals surface area contributed by atoms with Gasteiger partial charge in [0, 0.05) is 10.7 Å². The molecular formula is C20H23ClN2O2. The van der Waals surface area contributed by atoms with E-state index < -0.39 is 0 Å². The first kappa shape index (κ1) is 19.0. The molecule has 0 radical (unpaired) electrons. The van der Waals surface area contributed by atoms with Crippen molar-refractivity contribution in [3.63, 3.8) is 0 Å². The molecule has 0 bridgehead atoms. The number of rotatable bonds is 5. The number of carbonyl (C=O) groups excluding carboxylic acids is 2. The Labute approximate surface area is 153 Å². The van der Waals surface area contributed by atoms with Crippen LogP contribution in [-0.2, 0) is 21.4 Å². The molecule has 0 aliphatic rings. The minimum Gasteiger partial charge on any atom is -0.347 e. The molecule has 0 heterocycles. The molecule has 0 unspecified atom stereocenters. The van der Waals surface area contributed by atoms with Gasteiger partial charge in [0.2, 0.25) is 11.8 Å². The molecule has 132 valence electrons. The molecule has 2 aromatic rings. The van der Waals surface area contributed by atoms with Gasteiger partial charge in [0.25, 0.3) is 0 Å². The minimum absolute atomic E-state index is 0.0621. The Morgan fingerprint density at radius 3 is 2.08 bits per heavy atom. The number of hydrogen-bond acceptors (Lipinski definition) is 2. The van der Waals surface area contributed by atoms with Gasteiger partial charge in [-0.05, 0) is 40.8 Å². The quantitative estimate of drug-likeness (QED) is 0.850. The van der Waals surface area contributed by atoms with Gasteiger partial charge >= 0.3 is 0 Å². The second-order valence-corrected chi connectivity index (χ2v) is 7.39. The van der Waals surface area contributed by atoms with Crippen molar-refractivity contribution in [3.05, 3.63) is 64.7 Å². The molecule has 2 rings (SSSR count). The lowest BCUT2D eigenvalue weighted by Gasteiger charge is -2.19. The Kier molecular flexibility index (Phi) is 6.21. The second-order valence-electron chi connectivity index (χ2n) is 6.96. The van der Waals surface area contributed by atoms with Gasteiger partial charge in [-0.1, -0.05) is 56.6 Å². The highest BCUT2D eigenvalue weighted by atomic mass is 35.5. The SMILES string of the molecule is CC(C)(C)c1ccc(NC(=O)CNC(=O)Cc2ccc(Cl)cc2)cc1. The zero-order valence-electron chi connectivity index (χ0n) is 14.7. The summed E-state index contributed by atoms with van der Waals surface area (Å²) in [5.74, 6) is -0.464. The van der Waals surface area contributed by atoms with Crippen LogP contribution in [0.2, 0.25) is 5.02 Å². The van der Waals surface area contributed by atoms with E-state index in [0.717, 1.165) is 5.56 Å². The van der Waals surface area contributed by atoms with Crippen molar-refractivity contribution < 1.29 is 9.59 Å². The third kappa shape index (κ3) is 6.24. The average Bonchev–Trinajstić information content (AvgIpc) is 2.55. The highest BCUT2D eigenvalue weighted by molar-refractivity contribution is 6.30. The van der Waals surface area contributed by atoms with E-state index in [1.807, 2.05) is 24.3 Å². The fourth-order valence-corrected chi connectivity index (χ4v) is 2.41. The van der Waals surface area contributed by atoms with Crippen molar-refractivity contribution in [2.45, 2.75) is 32.6 Å². The Morgan fingerprint density at radius 1 is 0.920 bits per heavy atom. The van der Waals surface area contributed by atoms with E-state index in [-0.39, 0.29) is 30.2 Å². The standard InChI is InChI=1S/C20H23ClN2O2/c1-20(2,3)15-6-10-17(11-7-15)23-19(25)13-22-18(24)12-14-4-8-16(21)9-5-14/h4-11H,12-13H2,1-3H3,(H,22,24)(H,23,25). The fraction of sp³-hybridized carbons (Fsp3) is 0.300. The van der Waals surface area contributed by atoms with Gasteiger partial charge in [0.15, 0.2) is 0 Å². The summed E-state index contributed by atoms with van der Waals surface area (Å²) in [7, 11) is 0. The molecule has 2 aromatic carbocycles. The zero-order valence-corrected chi connectivity index (χ0v) is 15.5. The smallest absolute Gasteiger partial charge is 0.243 e. The van der Waals surface area contributed by atoms with Crippen LogP contribution in [0.3, 0.4) is 0 Å². The Bertz CT molecular complexity index is 732. The van der Waals surface area contributed by atoms with Crippen LogP contribution in [0.5, 0.6) is 0 Å². The van der Waals surface area contributed by atoms with Gasteiger partial charge in [-0.25, -0.2) is 0 Å². The molecule has 0 fully saturated rings. The number of anilines is 1. The average molecular weight is 359 g/mol. The maximum absolute atomic E-state index is 12.0. The molecule has 25 heavy (non-hydrogen) atoms. The summed E-state index contributed by atoms with van der Waals surface area (Å²) in [5, 5.41) is 6.02. The van der Waals surface area contributed by atoms with E-state index in [2.05, 4.69) is 31.4 Å². The molecule has 0 aromatic heterocycles. The molecule has 0 saturated carbocycles. The van der Waals surface area contributed by atoms with Crippen LogP contribution < -0.4 is 10.6 Å². The van der Waals surface area contributed by atoms with Gasteiger partial charge < -0.3 is 10.6 Å². The Morgan fingerprint density at radius 2 is 1.52 bits per heavy atom. The van der Waals surface area contributed by atoms with Gasteiger partial charge in [0.1, 0.15) is 0 Å². The Balaban J connectivity index is 1.80. The van der Waals surface area contributed by atoms with E-state index >= 15 is 0 Å². The molecule has 0 saturated heterocycles. The molecule has 2 amide bonds. The summed E-state index contributed by atoms with van der Waals surface area (Å²) in [5.41, 5.74) is 2.82. The van der Waals surface area contributed by atoms with Gasteiger partial charge in [-0.15, -0.1) is 0 Å². The highest BCUT2D eigenvalue weighted by Gasteiger charge is 2.13. The number of hydrogen-bond donors (Lipinski definition) is 2. The van der Waals surface area contributed by atoms with E-state index in [4.69, 9.17) is 11.6 Å². The van der Waals surface area contributed by atoms with Crippen LogP contribution in [0.1, 0.15) is 31.9 Å². The number of halogens is 1. The second kappa shape index (κ2) is 8.17. The first-order valence-electron chi connectivity index (χ1n) is 8.15. The van der Waals surface area contributed by atoms with Crippen LogP contribution in [0.25, 0.3) is 0 Å². The van der Waals surface area contributed by atoms with Crippen molar-refractivity contribution >= 4 is 29.1 Å². The maximum Gasteiger partial charge on any atom is 0.243 e. The van der Waals surface area contributed by atoms with E-state index in [0.29, 0.717) is 10.7 Å². The third-order valence-electron chi connectivity index (χ3n) is 3.76. The van der Waals surface area contributed by atoms with E-state index in [9.17, 15) is 9.59 Å². The van der Waals surface area contributed by atoms with Crippen molar-refractivity contribution in [1.82, 2.24) is 5.32 Å². The molecule has 0 aliphatic carbocycles. The summed E-state index contributed by atoms with van der Waals surface area (Å²) >= 11 is 5.81. The van der Waals surface area contributed by atoms with E-state index in [1.165, 1.54) is 5.56 Å². The summed E-state index contributed by atoms with van der Waals surface area (Å²) < 4.78 is 0. The number of amides is 2. The van der Waals surface area contributed by atoms with Gasteiger partial charge in [-0.3, -0.25) is 9.59 Å². The summed E-state index contributed by atoms with van der Waals surface area (Å²) in [6, 6.07) is 14.8. The highest BCUT2D eigenvalue weighted by Crippen LogP contribution is 2.23. The van der Waals surface area contributed by atoms with Crippen LogP contribution in [-0.4, -0.2) is 18.4 Å². The number of nitrogens with one attached hydrogen (secondary N) is 2. The number of carbonyl (C=O) groups is 2. The first-order chi connectivity index (χ1) is 11.7. The van der Waals surface area contributed by atoms with Crippen molar-refractivity contribution in [2.24, 2.45) is 0 Å². The maximum atomic E-state index is 12.0. The summed E-state index contributed by atoms with van der Waals surface area (Å²) in [4.78, 5) is 23.8. The fourth-order valence-electron chi connectivity index (χ4n) is 2.29. The molecule has 5 heteroatoms. The topological polar surface area (TPSA) is 58.2 Å². The molecule has 2 N–H and O–H groups in total. The Hall–Kier alpha value is -2.33. The van der Waals surface area contributed by atoms with Crippen LogP contribution in [0, 0.1) is 0 Å². The normalized spacial score (nSPS) is 11.0. The summed E-state index contributed by atoms with van der Waals surface area (Å²) in [6.07, 6.45) is 0.213. The molecule has 0 aliphatic heterocycles. The van der Waals surface area contributed by atoms with Gasteiger partial charge in [0.05, 0.1) is 13.0 Å². The van der Waals surface area contributed by atoms with Crippen molar-refractivity contribution in [3.8, 4) is 0 Å². The summed E-state index contributed by atoms with van der Waals surface area (Å²) in [6.45, 7) is 6.35. The molecular weight excluding hydrogens is 336 g/mol. The van der Waals surface area contributed by atoms with Gasteiger partial charge in [-0.2, -0.15) is 0 Å². The molecule has 0 atom stereocenters. The number of benzene rings is 2. The van der Waals surface area contributed by atoms with Crippen LogP contribution >= 0.6 is 11.6 Å². The minimum atomic E-state index is -0.257.